The van der Waals surface area contributed by atoms with Crippen LogP contribution in [-0.4, -0.2) is 10.2 Å². The Labute approximate surface area is 125 Å². The summed E-state index contributed by atoms with van der Waals surface area (Å²) in [6.45, 7) is 4.16. The van der Waals surface area contributed by atoms with Gasteiger partial charge in [-0.15, -0.1) is 10.2 Å². The summed E-state index contributed by atoms with van der Waals surface area (Å²) in [5, 5.41) is 8.27. The van der Waals surface area contributed by atoms with Crippen LogP contribution in [0.25, 0.3) is 22.9 Å². The van der Waals surface area contributed by atoms with E-state index < -0.39 is 0 Å². The largest absolute Gasteiger partial charge is 0.416 e. The van der Waals surface area contributed by atoms with Crippen LogP contribution in [-0.2, 0) is 0 Å². The van der Waals surface area contributed by atoms with Crippen LogP contribution in [0.3, 0.4) is 0 Å². The van der Waals surface area contributed by atoms with E-state index in [0.29, 0.717) is 11.8 Å². The number of aromatic nitrogens is 2. The Balaban J connectivity index is 2.02. The van der Waals surface area contributed by atoms with Gasteiger partial charge < -0.3 is 4.42 Å². The van der Waals surface area contributed by atoms with Crippen LogP contribution in [0.5, 0.6) is 0 Å². The lowest BCUT2D eigenvalue weighted by molar-refractivity contribution is 0.584. The Morgan fingerprint density at radius 2 is 1.65 bits per heavy atom. The highest BCUT2D eigenvalue weighted by molar-refractivity contribution is 9.10. The molecule has 2 aromatic carbocycles. The highest BCUT2D eigenvalue weighted by Gasteiger charge is 2.12. The number of hydrogen-bond donors (Lipinski definition) is 0. The summed E-state index contributed by atoms with van der Waals surface area (Å²) >= 11 is 3.49. The van der Waals surface area contributed by atoms with E-state index in [2.05, 4.69) is 52.1 Å². The van der Waals surface area contributed by atoms with Gasteiger partial charge in [0.15, 0.2) is 0 Å². The molecule has 0 aliphatic heterocycles. The van der Waals surface area contributed by atoms with Crippen molar-refractivity contribution in [2.75, 3.05) is 0 Å². The normalized spacial score (nSPS) is 10.8. The zero-order valence-electron chi connectivity index (χ0n) is 11.2. The standard InChI is InChI=1S/C16H13BrN2O/c1-10-7-8-12(9-11(10)2)15-18-19-16(20-15)13-5-3-4-6-14(13)17/h3-9H,1-2H3. The lowest BCUT2D eigenvalue weighted by Crippen LogP contribution is -1.83. The molecule has 0 saturated heterocycles. The van der Waals surface area contributed by atoms with E-state index in [1.165, 1.54) is 11.1 Å². The third-order valence-corrected chi connectivity index (χ3v) is 3.97. The van der Waals surface area contributed by atoms with Gasteiger partial charge in [-0.1, -0.05) is 18.2 Å². The molecule has 0 unspecified atom stereocenters. The molecule has 3 nitrogen and oxygen atoms in total. The third-order valence-electron chi connectivity index (χ3n) is 3.28. The predicted molar refractivity (Wildman–Crippen MR) is 82.3 cm³/mol. The van der Waals surface area contributed by atoms with Crippen molar-refractivity contribution in [2.45, 2.75) is 13.8 Å². The van der Waals surface area contributed by atoms with Crippen molar-refractivity contribution in [1.82, 2.24) is 10.2 Å². The zero-order valence-corrected chi connectivity index (χ0v) is 12.8. The van der Waals surface area contributed by atoms with Crippen molar-refractivity contribution >= 4 is 15.9 Å². The van der Waals surface area contributed by atoms with Gasteiger partial charge in [-0.05, 0) is 65.2 Å². The van der Waals surface area contributed by atoms with Gasteiger partial charge in [-0.25, -0.2) is 0 Å². The highest BCUT2D eigenvalue weighted by Crippen LogP contribution is 2.29. The Morgan fingerprint density at radius 3 is 2.40 bits per heavy atom. The average Bonchev–Trinajstić information content (AvgIpc) is 2.92. The van der Waals surface area contributed by atoms with Gasteiger partial charge in [0, 0.05) is 10.0 Å². The molecule has 20 heavy (non-hydrogen) atoms. The molecule has 0 radical (unpaired) electrons. The molecule has 4 heteroatoms. The molecule has 0 bridgehead atoms. The summed E-state index contributed by atoms with van der Waals surface area (Å²) in [5.74, 6) is 1.06. The number of aryl methyl sites for hydroxylation is 2. The second-order valence-corrected chi connectivity index (χ2v) is 5.55. The summed E-state index contributed by atoms with van der Waals surface area (Å²) in [6.07, 6.45) is 0. The summed E-state index contributed by atoms with van der Waals surface area (Å²) in [4.78, 5) is 0. The molecular weight excluding hydrogens is 316 g/mol. The summed E-state index contributed by atoms with van der Waals surface area (Å²) in [5.41, 5.74) is 4.30. The van der Waals surface area contributed by atoms with E-state index >= 15 is 0 Å². The molecule has 0 spiro atoms. The fourth-order valence-corrected chi connectivity index (χ4v) is 2.41. The first-order chi connectivity index (χ1) is 9.65. The van der Waals surface area contributed by atoms with E-state index in [0.717, 1.165) is 15.6 Å². The zero-order chi connectivity index (χ0) is 14.1. The van der Waals surface area contributed by atoms with Crippen LogP contribution in [0.2, 0.25) is 0 Å². The van der Waals surface area contributed by atoms with Crippen molar-refractivity contribution in [1.29, 1.82) is 0 Å². The van der Waals surface area contributed by atoms with Crippen LogP contribution in [0.4, 0.5) is 0 Å². The predicted octanol–water partition coefficient (Wildman–Crippen LogP) is 4.78. The molecule has 0 amide bonds. The molecule has 1 aromatic heterocycles. The monoisotopic (exact) mass is 328 g/mol. The summed E-state index contributed by atoms with van der Waals surface area (Å²) in [6, 6.07) is 13.9. The van der Waals surface area contributed by atoms with Gasteiger partial charge in [0.1, 0.15) is 0 Å². The number of halogens is 1. The molecule has 0 atom stereocenters. The fourth-order valence-electron chi connectivity index (χ4n) is 1.96. The van der Waals surface area contributed by atoms with Crippen LogP contribution in [0.1, 0.15) is 11.1 Å². The molecule has 0 aliphatic carbocycles. The molecular formula is C16H13BrN2O. The first-order valence-corrected chi connectivity index (χ1v) is 7.10. The maximum atomic E-state index is 5.78. The molecule has 3 rings (SSSR count). The number of benzene rings is 2. The van der Waals surface area contributed by atoms with Crippen LogP contribution >= 0.6 is 15.9 Å². The number of nitrogens with zero attached hydrogens (tertiary/aromatic N) is 2. The molecule has 0 N–H and O–H groups in total. The van der Waals surface area contributed by atoms with Gasteiger partial charge >= 0.3 is 0 Å². The molecule has 0 saturated carbocycles. The van der Waals surface area contributed by atoms with E-state index in [9.17, 15) is 0 Å². The van der Waals surface area contributed by atoms with E-state index in [4.69, 9.17) is 4.42 Å². The minimum absolute atomic E-state index is 0.519. The van der Waals surface area contributed by atoms with Crippen molar-refractivity contribution in [3.8, 4) is 22.9 Å². The SMILES string of the molecule is Cc1ccc(-c2nnc(-c3ccccc3Br)o2)cc1C. The van der Waals surface area contributed by atoms with E-state index in [-0.39, 0.29) is 0 Å². The minimum Gasteiger partial charge on any atom is -0.416 e. The quantitative estimate of drug-likeness (QED) is 0.679. The first-order valence-electron chi connectivity index (χ1n) is 6.31. The Morgan fingerprint density at radius 1 is 0.900 bits per heavy atom. The maximum absolute atomic E-state index is 5.78. The minimum atomic E-state index is 0.519. The highest BCUT2D eigenvalue weighted by atomic mass is 79.9. The Bertz CT molecular complexity index is 765. The summed E-state index contributed by atoms with van der Waals surface area (Å²) < 4.78 is 6.72. The average molecular weight is 329 g/mol. The van der Waals surface area contributed by atoms with Gasteiger partial charge in [-0.3, -0.25) is 0 Å². The fraction of sp³-hybridized carbons (Fsp3) is 0.125. The van der Waals surface area contributed by atoms with Crippen LogP contribution in [0, 0.1) is 13.8 Å². The molecule has 0 fully saturated rings. The van der Waals surface area contributed by atoms with Crippen LogP contribution < -0.4 is 0 Å². The van der Waals surface area contributed by atoms with Crippen molar-refractivity contribution in [2.24, 2.45) is 0 Å². The van der Waals surface area contributed by atoms with Gasteiger partial charge in [0.25, 0.3) is 0 Å². The second kappa shape index (κ2) is 5.21. The Kier molecular flexibility index (Phi) is 3.40. The molecule has 100 valence electrons. The maximum Gasteiger partial charge on any atom is 0.249 e. The Hall–Kier alpha value is -1.94. The van der Waals surface area contributed by atoms with Crippen LogP contribution in [0.15, 0.2) is 51.4 Å². The van der Waals surface area contributed by atoms with E-state index in [1.807, 2.05) is 30.3 Å². The molecule has 1 heterocycles. The van der Waals surface area contributed by atoms with Crippen molar-refractivity contribution < 1.29 is 4.42 Å². The molecule has 3 aromatic rings. The summed E-state index contributed by atoms with van der Waals surface area (Å²) in [7, 11) is 0. The lowest BCUT2D eigenvalue weighted by Gasteiger charge is -2.01. The number of rotatable bonds is 2. The first kappa shape index (κ1) is 13.1. The smallest absolute Gasteiger partial charge is 0.249 e. The second-order valence-electron chi connectivity index (χ2n) is 4.69. The number of hydrogen-bond acceptors (Lipinski definition) is 3. The van der Waals surface area contributed by atoms with Gasteiger partial charge in [-0.2, -0.15) is 0 Å². The third kappa shape index (κ3) is 2.39. The molecule has 0 aliphatic rings. The van der Waals surface area contributed by atoms with Crippen molar-refractivity contribution in [3.63, 3.8) is 0 Å². The van der Waals surface area contributed by atoms with Crippen molar-refractivity contribution in [3.05, 3.63) is 58.1 Å². The lowest BCUT2D eigenvalue weighted by atomic mass is 10.1. The van der Waals surface area contributed by atoms with Gasteiger partial charge in [0.05, 0.1) is 5.56 Å². The van der Waals surface area contributed by atoms with E-state index in [1.54, 1.807) is 0 Å². The topological polar surface area (TPSA) is 38.9 Å². The van der Waals surface area contributed by atoms with Gasteiger partial charge in [0.2, 0.25) is 11.8 Å².